The minimum atomic E-state index is -1.11. The molecule has 1 fully saturated rings. The van der Waals surface area contributed by atoms with E-state index < -0.39 is 23.8 Å². The lowest BCUT2D eigenvalue weighted by Gasteiger charge is -2.32. The highest BCUT2D eigenvalue weighted by Gasteiger charge is 2.57. The normalized spacial score (nSPS) is 21.5. The Balaban J connectivity index is 1.80. The van der Waals surface area contributed by atoms with Crippen molar-refractivity contribution in [2.75, 3.05) is 13.7 Å². The third-order valence-electron chi connectivity index (χ3n) is 4.94. The van der Waals surface area contributed by atoms with E-state index in [0.717, 1.165) is 11.3 Å². The minimum absolute atomic E-state index is 0.420. The van der Waals surface area contributed by atoms with Crippen molar-refractivity contribution in [1.29, 1.82) is 0 Å². The molecule has 1 aromatic rings. The molecule has 134 valence electrons. The molecule has 0 aliphatic carbocycles. The zero-order valence-corrected chi connectivity index (χ0v) is 15.6. The van der Waals surface area contributed by atoms with Crippen LogP contribution in [-0.2, 0) is 20.7 Å². The minimum Gasteiger partial charge on any atom is -0.497 e. The Kier molecular flexibility index (Phi) is 5.65. The number of benzene rings is 1. The van der Waals surface area contributed by atoms with Gasteiger partial charge in [-0.05, 0) is 58.7 Å². The predicted octanol–water partition coefficient (Wildman–Crippen LogP) is 2.98. The van der Waals surface area contributed by atoms with Crippen LogP contribution < -0.4 is 4.74 Å². The highest BCUT2D eigenvalue weighted by Crippen LogP contribution is 2.40. The van der Waals surface area contributed by atoms with Crippen molar-refractivity contribution in [2.24, 2.45) is 0 Å². The summed E-state index contributed by atoms with van der Waals surface area (Å²) in [6.07, 6.45) is 0.431. The van der Waals surface area contributed by atoms with E-state index in [-0.39, 0.29) is 0 Å². The second-order valence-electron chi connectivity index (χ2n) is 7.60. The molecule has 0 radical (unpaired) electrons. The molecule has 2 rings (SSSR count). The van der Waals surface area contributed by atoms with Gasteiger partial charge in [-0.25, -0.2) is 0 Å². The molecule has 1 heterocycles. The van der Waals surface area contributed by atoms with Crippen molar-refractivity contribution in [1.82, 2.24) is 0 Å². The molecule has 0 saturated carbocycles. The largest absolute Gasteiger partial charge is 0.497 e. The maximum absolute atomic E-state index is 10.7. The molecule has 24 heavy (non-hydrogen) atoms. The molecule has 1 atom stereocenters. The van der Waals surface area contributed by atoms with Crippen molar-refractivity contribution >= 4 is 7.12 Å². The Labute approximate surface area is 145 Å². The zero-order valence-electron chi connectivity index (χ0n) is 15.6. The summed E-state index contributed by atoms with van der Waals surface area (Å²) in [7, 11) is 0.982. The van der Waals surface area contributed by atoms with Gasteiger partial charge in [0.25, 0.3) is 0 Å². The van der Waals surface area contributed by atoms with E-state index in [2.05, 4.69) is 0 Å². The monoisotopic (exact) mass is 336 g/mol. The maximum atomic E-state index is 10.7. The molecule has 1 N–H and O–H groups in total. The molecule has 0 bridgehead atoms. The van der Waals surface area contributed by atoms with E-state index in [0.29, 0.717) is 19.6 Å². The number of ether oxygens (including phenoxy) is 2. The number of rotatable bonds is 7. The quantitative estimate of drug-likeness (QED) is 0.613. The number of hydrogen-bond acceptors (Lipinski definition) is 5. The van der Waals surface area contributed by atoms with Gasteiger partial charge in [0.1, 0.15) is 5.75 Å². The van der Waals surface area contributed by atoms with Crippen LogP contribution in [0.25, 0.3) is 0 Å². The van der Waals surface area contributed by atoms with Crippen LogP contribution in [0.5, 0.6) is 5.75 Å². The maximum Gasteiger partial charge on any atom is 0.491 e. The van der Waals surface area contributed by atoms with Crippen LogP contribution in [0.3, 0.4) is 0 Å². The van der Waals surface area contributed by atoms with Gasteiger partial charge in [0, 0.05) is 6.61 Å². The van der Waals surface area contributed by atoms with Crippen LogP contribution in [0, 0.1) is 0 Å². The van der Waals surface area contributed by atoms with Gasteiger partial charge in [-0.2, -0.15) is 0 Å². The topological polar surface area (TPSA) is 57.2 Å². The first-order chi connectivity index (χ1) is 11.1. The first-order valence-electron chi connectivity index (χ1n) is 8.36. The summed E-state index contributed by atoms with van der Waals surface area (Å²) in [6.45, 7) is 10.5. The molecule has 5 nitrogen and oxygen atoms in total. The summed E-state index contributed by atoms with van der Waals surface area (Å²) in [6, 6.07) is 7.73. The van der Waals surface area contributed by atoms with Crippen molar-refractivity contribution in [3.05, 3.63) is 29.8 Å². The van der Waals surface area contributed by atoms with Gasteiger partial charge in [-0.1, -0.05) is 12.1 Å². The standard InChI is InChI=1S/C18H29BO5/c1-16(2)17(3,4)24-19(23-16)18(5,20)11-12-22-13-14-7-9-15(21-6)10-8-14/h7-10,20H,11-13H2,1-6H3. The second kappa shape index (κ2) is 7.04. The van der Waals surface area contributed by atoms with Crippen LogP contribution in [0.2, 0.25) is 0 Å². The van der Waals surface area contributed by atoms with Gasteiger partial charge in [-0.3, -0.25) is 0 Å². The molecular weight excluding hydrogens is 307 g/mol. The Bertz CT molecular complexity index is 523. The van der Waals surface area contributed by atoms with Crippen LogP contribution in [0.4, 0.5) is 0 Å². The highest BCUT2D eigenvalue weighted by molar-refractivity contribution is 6.49. The Morgan fingerprint density at radius 2 is 1.62 bits per heavy atom. The van der Waals surface area contributed by atoms with Crippen molar-refractivity contribution in [2.45, 2.75) is 64.3 Å². The Morgan fingerprint density at radius 3 is 2.12 bits per heavy atom. The van der Waals surface area contributed by atoms with Crippen LogP contribution in [0.15, 0.2) is 24.3 Å². The average Bonchev–Trinajstić information content (AvgIpc) is 2.73. The molecular formula is C18H29BO5. The zero-order chi connectivity index (χ0) is 18.0. The van der Waals surface area contributed by atoms with Crippen LogP contribution in [-0.4, -0.2) is 42.6 Å². The van der Waals surface area contributed by atoms with Gasteiger partial charge >= 0.3 is 7.12 Å². The summed E-state index contributed by atoms with van der Waals surface area (Å²) in [5.41, 5.74) is -0.951. The Morgan fingerprint density at radius 1 is 1.08 bits per heavy atom. The lowest BCUT2D eigenvalue weighted by atomic mass is 9.67. The van der Waals surface area contributed by atoms with Gasteiger partial charge in [-0.15, -0.1) is 0 Å². The third-order valence-corrected chi connectivity index (χ3v) is 4.94. The fourth-order valence-corrected chi connectivity index (χ4v) is 2.41. The first kappa shape index (κ1) is 19.3. The molecule has 6 heteroatoms. The fourth-order valence-electron chi connectivity index (χ4n) is 2.41. The highest BCUT2D eigenvalue weighted by atomic mass is 16.7. The SMILES string of the molecule is COc1ccc(COCCC(C)(O)B2OC(C)(C)C(C)(C)O2)cc1. The summed E-state index contributed by atoms with van der Waals surface area (Å²) in [5, 5.41) is 10.7. The van der Waals surface area contributed by atoms with Gasteiger partial charge in [0.2, 0.25) is 0 Å². The summed E-state index contributed by atoms with van der Waals surface area (Å²) in [4.78, 5) is 0. The number of methoxy groups -OCH3 is 1. The molecule has 1 saturated heterocycles. The van der Waals surface area contributed by atoms with Crippen molar-refractivity contribution in [3.8, 4) is 5.75 Å². The predicted molar refractivity (Wildman–Crippen MR) is 94.0 cm³/mol. The average molecular weight is 336 g/mol. The summed E-state index contributed by atoms with van der Waals surface area (Å²) >= 11 is 0. The molecule has 1 aromatic carbocycles. The number of aliphatic hydroxyl groups is 1. The fraction of sp³-hybridized carbons (Fsp3) is 0.667. The molecule has 1 unspecified atom stereocenters. The van der Waals surface area contributed by atoms with Gasteiger partial charge in [0.05, 0.1) is 30.4 Å². The number of hydrogen-bond donors (Lipinski definition) is 1. The van der Waals surface area contributed by atoms with E-state index >= 15 is 0 Å². The van der Waals surface area contributed by atoms with E-state index in [1.165, 1.54) is 0 Å². The van der Waals surface area contributed by atoms with Crippen molar-refractivity contribution in [3.63, 3.8) is 0 Å². The lowest BCUT2D eigenvalue weighted by Crippen LogP contribution is -2.46. The summed E-state index contributed by atoms with van der Waals surface area (Å²) in [5.74, 6) is 0.822. The van der Waals surface area contributed by atoms with E-state index in [9.17, 15) is 5.11 Å². The molecule has 1 aliphatic heterocycles. The summed E-state index contributed by atoms with van der Waals surface area (Å²) < 4.78 is 22.7. The van der Waals surface area contributed by atoms with Crippen LogP contribution in [0.1, 0.15) is 46.6 Å². The third kappa shape index (κ3) is 4.31. The van der Waals surface area contributed by atoms with Crippen LogP contribution >= 0.6 is 0 Å². The Hall–Kier alpha value is -1.08. The first-order valence-corrected chi connectivity index (χ1v) is 8.36. The van der Waals surface area contributed by atoms with Gasteiger partial charge < -0.3 is 23.9 Å². The van der Waals surface area contributed by atoms with E-state index in [1.807, 2.05) is 52.0 Å². The lowest BCUT2D eigenvalue weighted by molar-refractivity contribution is 0.00578. The second-order valence-corrected chi connectivity index (χ2v) is 7.60. The smallest absolute Gasteiger partial charge is 0.491 e. The van der Waals surface area contributed by atoms with E-state index in [1.54, 1.807) is 14.0 Å². The van der Waals surface area contributed by atoms with E-state index in [4.69, 9.17) is 18.8 Å². The molecule has 1 aliphatic rings. The molecule has 0 amide bonds. The van der Waals surface area contributed by atoms with Gasteiger partial charge in [0.15, 0.2) is 0 Å². The molecule has 0 aromatic heterocycles. The van der Waals surface area contributed by atoms with Crippen molar-refractivity contribution < 1.29 is 23.9 Å². The molecule has 0 spiro atoms.